The van der Waals surface area contributed by atoms with E-state index in [0.717, 1.165) is 12.8 Å². The zero-order valence-corrected chi connectivity index (χ0v) is 17.0. The van der Waals surface area contributed by atoms with Crippen molar-refractivity contribution in [3.8, 4) is 0 Å². The molecule has 0 aromatic carbocycles. The molecule has 30 heavy (non-hydrogen) atoms. The Bertz CT molecular complexity index is 606. The van der Waals surface area contributed by atoms with Crippen LogP contribution in [0.15, 0.2) is 48.8 Å². The van der Waals surface area contributed by atoms with Gasteiger partial charge in [-0.2, -0.15) is 0 Å². The van der Waals surface area contributed by atoms with Crippen molar-refractivity contribution >= 4 is 0 Å². The van der Waals surface area contributed by atoms with Crippen molar-refractivity contribution < 1.29 is 20.6 Å². The van der Waals surface area contributed by atoms with Gasteiger partial charge in [0, 0.05) is 23.8 Å². The SMILES string of the molecule is O=[N+]([O-])O.O=[N+]([O-])O.c1ccc(CCCCCCCCCCc2ccccn2)nc1. The Hall–Kier alpha value is -3.30. The summed E-state index contributed by atoms with van der Waals surface area (Å²) in [6.07, 6.45) is 16.8. The summed E-state index contributed by atoms with van der Waals surface area (Å²) >= 11 is 0. The number of unbranched alkanes of at least 4 members (excludes halogenated alkanes) is 7. The minimum Gasteiger partial charge on any atom is -0.328 e. The topological polar surface area (TPSA) is 153 Å². The van der Waals surface area contributed by atoms with Gasteiger partial charge in [-0.05, 0) is 49.9 Å². The Balaban J connectivity index is 0.000000901. The van der Waals surface area contributed by atoms with Crippen molar-refractivity contribution in [3.63, 3.8) is 0 Å². The van der Waals surface area contributed by atoms with Crippen LogP contribution in [0.4, 0.5) is 0 Å². The highest BCUT2D eigenvalue weighted by Gasteiger charge is 1.96. The zero-order valence-electron chi connectivity index (χ0n) is 17.0. The van der Waals surface area contributed by atoms with E-state index >= 15 is 0 Å². The van der Waals surface area contributed by atoms with Crippen LogP contribution in [0.1, 0.15) is 62.8 Å². The van der Waals surface area contributed by atoms with Gasteiger partial charge in [0.25, 0.3) is 10.2 Å². The van der Waals surface area contributed by atoms with Crippen LogP contribution in [0, 0.1) is 20.2 Å². The smallest absolute Gasteiger partial charge is 0.291 e. The first-order chi connectivity index (χ1) is 14.4. The van der Waals surface area contributed by atoms with E-state index in [4.69, 9.17) is 30.6 Å². The molecule has 0 saturated carbocycles. The number of aromatic nitrogens is 2. The molecule has 166 valence electrons. The Kier molecular flexibility index (Phi) is 16.9. The molecular weight excluding hydrogens is 392 g/mol. The number of rotatable bonds is 11. The lowest BCUT2D eigenvalue weighted by Crippen LogP contribution is -1.90. The van der Waals surface area contributed by atoms with Crippen molar-refractivity contribution in [1.29, 1.82) is 0 Å². The molecule has 0 saturated heterocycles. The molecule has 10 heteroatoms. The van der Waals surface area contributed by atoms with Crippen molar-refractivity contribution in [1.82, 2.24) is 9.97 Å². The highest BCUT2D eigenvalue weighted by molar-refractivity contribution is 5.03. The summed E-state index contributed by atoms with van der Waals surface area (Å²) in [5, 5.41) is 27.3. The van der Waals surface area contributed by atoms with Gasteiger partial charge in [0.15, 0.2) is 0 Å². The molecule has 0 radical (unpaired) electrons. The first-order valence-corrected chi connectivity index (χ1v) is 9.88. The molecule has 0 unspecified atom stereocenters. The molecule has 2 aromatic rings. The maximum Gasteiger partial charge on any atom is 0.291 e. The van der Waals surface area contributed by atoms with Crippen LogP contribution in [0.5, 0.6) is 0 Å². The second kappa shape index (κ2) is 19.0. The van der Waals surface area contributed by atoms with Gasteiger partial charge in [0.05, 0.1) is 0 Å². The predicted molar refractivity (Wildman–Crippen MR) is 110 cm³/mol. The quantitative estimate of drug-likeness (QED) is 0.300. The minimum atomic E-state index is -1.50. The summed E-state index contributed by atoms with van der Waals surface area (Å²) in [4.78, 5) is 25.5. The fourth-order valence-corrected chi connectivity index (χ4v) is 2.76. The van der Waals surface area contributed by atoms with E-state index < -0.39 is 10.2 Å². The van der Waals surface area contributed by atoms with Crippen LogP contribution in [-0.2, 0) is 12.8 Å². The van der Waals surface area contributed by atoms with E-state index in [1.807, 2.05) is 24.5 Å². The maximum absolute atomic E-state index is 8.36. The standard InChI is InChI=1S/C20H28N2.2HNO3/c1(3-5-7-13-19-15-9-11-17-21-19)2-4-6-8-14-20-16-10-12-18-22-20;2*2-1(3)4/h9-12,15-18H,1-8,13-14H2;2*(H,2,3,4). The van der Waals surface area contributed by atoms with Gasteiger partial charge in [-0.3, -0.25) is 9.97 Å². The van der Waals surface area contributed by atoms with Crippen molar-refractivity contribution in [2.45, 2.75) is 64.2 Å². The average Bonchev–Trinajstić information content (AvgIpc) is 2.70. The lowest BCUT2D eigenvalue weighted by molar-refractivity contribution is -0.742. The van der Waals surface area contributed by atoms with E-state index in [1.54, 1.807) is 0 Å². The lowest BCUT2D eigenvalue weighted by Gasteiger charge is -2.03. The minimum absolute atomic E-state index is 1.13. The Morgan fingerprint density at radius 2 is 0.933 bits per heavy atom. The van der Waals surface area contributed by atoms with Gasteiger partial charge in [-0.15, -0.1) is 20.2 Å². The second-order valence-electron chi connectivity index (χ2n) is 6.45. The third kappa shape index (κ3) is 21.0. The van der Waals surface area contributed by atoms with Crippen LogP contribution in [0.2, 0.25) is 0 Å². The van der Waals surface area contributed by atoms with Crippen LogP contribution in [-0.4, -0.2) is 30.6 Å². The molecule has 0 atom stereocenters. The van der Waals surface area contributed by atoms with E-state index in [0.29, 0.717) is 0 Å². The molecule has 0 bridgehead atoms. The van der Waals surface area contributed by atoms with Gasteiger partial charge in [-0.25, -0.2) is 0 Å². The summed E-state index contributed by atoms with van der Waals surface area (Å²) in [5.41, 5.74) is 2.47. The van der Waals surface area contributed by atoms with Crippen molar-refractivity contribution in [2.75, 3.05) is 0 Å². The molecule has 0 fully saturated rings. The predicted octanol–water partition coefficient (Wildman–Crippen LogP) is 4.69. The van der Waals surface area contributed by atoms with E-state index in [1.165, 1.54) is 62.8 Å². The highest BCUT2D eigenvalue weighted by atomic mass is 16.9. The maximum atomic E-state index is 8.36. The molecule has 0 spiro atoms. The number of aryl methyl sites for hydroxylation is 2. The van der Waals surface area contributed by atoms with E-state index in [-0.39, 0.29) is 0 Å². The third-order valence-electron chi connectivity index (χ3n) is 4.07. The summed E-state index contributed by atoms with van der Waals surface area (Å²) in [5.74, 6) is 0. The molecule has 0 aliphatic carbocycles. The van der Waals surface area contributed by atoms with Crippen LogP contribution < -0.4 is 0 Å². The van der Waals surface area contributed by atoms with Gasteiger partial charge in [-0.1, -0.05) is 50.7 Å². The first kappa shape index (κ1) is 26.7. The summed E-state index contributed by atoms with van der Waals surface area (Å²) in [6.45, 7) is 0. The summed E-state index contributed by atoms with van der Waals surface area (Å²) in [6, 6.07) is 12.4. The van der Waals surface area contributed by atoms with Gasteiger partial charge in [0.1, 0.15) is 0 Å². The number of nitrogens with zero attached hydrogens (tertiary/aromatic N) is 4. The van der Waals surface area contributed by atoms with Gasteiger partial charge < -0.3 is 10.4 Å². The summed E-state index contributed by atoms with van der Waals surface area (Å²) < 4.78 is 0. The second-order valence-corrected chi connectivity index (χ2v) is 6.45. The molecule has 0 amide bonds. The molecule has 0 aliphatic rings. The largest absolute Gasteiger partial charge is 0.328 e. The number of hydrogen-bond donors (Lipinski definition) is 2. The Morgan fingerprint density at radius 3 is 1.20 bits per heavy atom. The third-order valence-corrected chi connectivity index (χ3v) is 4.07. The van der Waals surface area contributed by atoms with Crippen LogP contribution in [0.3, 0.4) is 0 Å². The molecule has 10 nitrogen and oxygen atoms in total. The van der Waals surface area contributed by atoms with Gasteiger partial charge in [0.2, 0.25) is 0 Å². The zero-order chi connectivity index (χ0) is 22.5. The van der Waals surface area contributed by atoms with E-state index in [9.17, 15) is 0 Å². The average molecular weight is 422 g/mol. The fourth-order valence-electron chi connectivity index (χ4n) is 2.76. The molecule has 2 rings (SSSR count). The lowest BCUT2D eigenvalue weighted by atomic mass is 10.0. The molecule has 2 heterocycles. The van der Waals surface area contributed by atoms with Gasteiger partial charge >= 0.3 is 0 Å². The monoisotopic (exact) mass is 422 g/mol. The molecule has 0 aliphatic heterocycles. The normalized spacial score (nSPS) is 9.47. The Morgan fingerprint density at radius 1 is 0.633 bits per heavy atom. The number of pyridine rings is 2. The molecule has 2 N–H and O–H groups in total. The number of hydrogen-bond acceptors (Lipinski definition) is 6. The van der Waals surface area contributed by atoms with Crippen LogP contribution in [0.25, 0.3) is 0 Å². The van der Waals surface area contributed by atoms with E-state index in [2.05, 4.69) is 34.2 Å². The Labute approximate surface area is 175 Å². The van der Waals surface area contributed by atoms with Crippen molar-refractivity contribution in [3.05, 3.63) is 80.4 Å². The molecular formula is C20H30N4O6. The fraction of sp³-hybridized carbons (Fsp3) is 0.500. The summed E-state index contributed by atoms with van der Waals surface area (Å²) in [7, 11) is 0. The van der Waals surface area contributed by atoms with Crippen LogP contribution >= 0.6 is 0 Å². The highest BCUT2D eigenvalue weighted by Crippen LogP contribution is 2.11. The first-order valence-electron chi connectivity index (χ1n) is 9.88. The molecule has 2 aromatic heterocycles. The van der Waals surface area contributed by atoms with Crippen molar-refractivity contribution in [2.24, 2.45) is 0 Å².